The van der Waals surface area contributed by atoms with E-state index in [1.54, 1.807) is 12.3 Å². The van der Waals surface area contributed by atoms with Crippen LogP contribution in [0.4, 0.5) is 5.82 Å². The van der Waals surface area contributed by atoms with Crippen molar-refractivity contribution in [3.8, 4) is 0 Å². The van der Waals surface area contributed by atoms with Crippen molar-refractivity contribution < 1.29 is 5.11 Å². The molecule has 1 aliphatic heterocycles. The number of nitrogens with one attached hydrogen (secondary N) is 1. The van der Waals surface area contributed by atoms with Gasteiger partial charge >= 0.3 is 0 Å². The summed E-state index contributed by atoms with van der Waals surface area (Å²) in [5, 5.41) is 17.0. The molecule has 0 saturated carbocycles. The van der Waals surface area contributed by atoms with Crippen LogP contribution in [-0.2, 0) is 0 Å². The van der Waals surface area contributed by atoms with Crippen LogP contribution in [0.5, 0.6) is 0 Å². The molecular formula is C12H18N4O. The highest BCUT2D eigenvalue weighted by molar-refractivity contribution is 5.94. The molecule has 1 fully saturated rings. The molecule has 0 aromatic carbocycles. The van der Waals surface area contributed by atoms with E-state index in [4.69, 9.17) is 11.1 Å². The maximum Gasteiger partial charge on any atom is 0.128 e. The first kappa shape index (κ1) is 11.9. The largest absolute Gasteiger partial charge is 0.393 e. The molecule has 4 N–H and O–H groups in total. The van der Waals surface area contributed by atoms with E-state index in [2.05, 4.69) is 9.88 Å². The number of aliphatic hydroxyl groups is 1. The van der Waals surface area contributed by atoms with Crippen molar-refractivity contribution in [1.82, 2.24) is 4.98 Å². The summed E-state index contributed by atoms with van der Waals surface area (Å²) in [6.07, 6.45) is 2.19. The Morgan fingerprint density at radius 3 is 2.88 bits per heavy atom. The second-order valence-electron chi connectivity index (χ2n) is 4.60. The fourth-order valence-electron chi connectivity index (χ4n) is 2.07. The van der Waals surface area contributed by atoms with E-state index in [9.17, 15) is 5.11 Å². The van der Waals surface area contributed by atoms with Gasteiger partial charge in [-0.1, -0.05) is 6.92 Å². The molecule has 2 rings (SSSR count). The summed E-state index contributed by atoms with van der Waals surface area (Å²) in [6.45, 7) is 3.67. The summed E-state index contributed by atoms with van der Waals surface area (Å²) < 4.78 is 0. The van der Waals surface area contributed by atoms with E-state index < -0.39 is 0 Å². The van der Waals surface area contributed by atoms with Gasteiger partial charge in [-0.3, -0.25) is 5.41 Å². The van der Waals surface area contributed by atoms with E-state index in [-0.39, 0.29) is 17.9 Å². The molecule has 1 aromatic rings. The lowest BCUT2D eigenvalue weighted by Crippen LogP contribution is -2.42. The zero-order chi connectivity index (χ0) is 12.4. The van der Waals surface area contributed by atoms with Crippen LogP contribution in [0, 0.1) is 11.3 Å². The SMILES string of the molecule is CC1CN(c2ccc(C(=N)N)cn2)CCC1O. The topological polar surface area (TPSA) is 86.2 Å². The van der Waals surface area contributed by atoms with Crippen molar-refractivity contribution in [2.45, 2.75) is 19.4 Å². The molecule has 0 bridgehead atoms. The van der Waals surface area contributed by atoms with E-state index in [0.29, 0.717) is 5.56 Å². The number of aliphatic hydroxyl groups excluding tert-OH is 1. The van der Waals surface area contributed by atoms with Crippen LogP contribution in [0.15, 0.2) is 18.3 Å². The normalized spacial score (nSPS) is 24.7. The minimum Gasteiger partial charge on any atom is -0.393 e. The summed E-state index contributed by atoms with van der Waals surface area (Å²) in [5.41, 5.74) is 6.02. The van der Waals surface area contributed by atoms with Gasteiger partial charge in [-0.25, -0.2) is 4.98 Å². The minimum absolute atomic E-state index is 0.0338. The average Bonchev–Trinajstić information content (AvgIpc) is 2.33. The molecule has 2 atom stereocenters. The van der Waals surface area contributed by atoms with Gasteiger partial charge in [0.1, 0.15) is 11.7 Å². The van der Waals surface area contributed by atoms with Gasteiger partial charge in [0, 0.05) is 24.8 Å². The Morgan fingerprint density at radius 2 is 2.35 bits per heavy atom. The quantitative estimate of drug-likeness (QED) is 0.516. The van der Waals surface area contributed by atoms with Crippen molar-refractivity contribution in [3.05, 3.63) is 23.9 Å². The maximum absolute atomic E-state index is 9.67. The molecule has 17 heavy (non-hydrogen) atoms. The first-order valence-corrected chi connectivity index (χ1v) is 5.81. The zero-order valence-electron chi connectivity index (χ0n) is 9.93. The number of nitrogens with zero attached hydrogens (tertiary/aromatic N) is 2. The van der Waals surface area contributed by atoms with E-state index in [0.717, 1.165) is 25.3 Å². The maximum atomic E-state index is 9.67. The van der Waals surface area contributed by atoms with Crippen LogP contribution in [0.2, 0.25) is 0 Å². The van der Waals surface area contributed by atoms with Gasteiger partial charge in [0.15, 0.2) is 0 Å². The summed E-state index contributed by atoms with van der Waals surface area (Å²) in [4.78, 5) is 6.46. The second-order valence-corrected chi connectivity index (χ2v) is 4.60. The van der Waals surface area contributed by atoms with Gasteiger partial charge in [0.05, 0.1) is 6.10 Å². The molecule has 0 amide bonds. The monoisotopic (exact) mass is 234 g/mol. The van der Waals surface area contributed by atoms with Gasteiger partial charge in [-0.15, -0.1) is 0 Å². The number of hydrogen-bond acceptors (Lipinski definition) is 4. The molecule has 0 aliphatic carbocycles. The standard InChI is InChI=1S/C12H18N4O/c1-8-7-16(5-4-10(8)17)11-3-2-9(6-15-11)12(13)14/h2-3,6,8,10,17H,4-5,7H2,1H3,(H3,13,14). The van der Waals surface area contributed by atoms with Crippen LogP contribution >= 0.6 is 0 Å². The lowest BCUT2D eigenvalue weighted by atomic mass is 9.97. The van der Waals surface area contributed by atoms with Crippen LogP contribution in [-0.4, -0.2) is 35.1 Å². The van der Waals surface area contributed by atoms with E-state index in [1.165, 1.54) is 0 Å². The average molecular weight is 234 g/mol. The Hall–Kier alpha value is -1.62. The fraction of sp³-hybridized carbons (Fsp3) is 0.500. The highest BCUT2D eigenvalue weighted by Crippen LogP contribution is 2.21. The number of aromatic nitrogens is 1. The van der Waals surface area contributed by atoms with Gasteiger partial charge < -0.3 is 15.7 Å². The third-order valence-electron chi connectivity index (χ3n) is 3.24. The molecule has 2 unspecified atom stereocenters. The van der Waals surface area contributed by atoms with Crippen molar-refractivity contribution in [2.24, 2.45) is 11.7 Å². The number of pyridine rings is 1. The van der Waals surface area contributed by atoms with Gasteiger partial charge in [-0.05, 0) is 24.5 Å². The molecule has 0 radical (unpaired) electrons. The van der Waals surface area contributed by atoms with Crippen molar-refractivity contribution in [3.63, 3.8) is 0 Å². The second kappa shape index (κ2) is 4.71. The molecule has 5 nitrogen and oxygen atoms in total. The number of hydrogen-bond donors (Lipinski definition) is 3. The number of amidine groups is 1. The van der Waals surface area contributed by atoms with Crippen LogP contribution in [0.3, 0.4) is 0 Å². The highest BCUT2D eigenvalue weighted by atomic mass is 16.3. The Balaban J connectivity index is 2.10. The molecule has 2 heterocycles. The number of nitrogen functional groups attached to an aromatic ring is 1. The molecule has 1 aliphatic rings. The Kier molecular flexibility index (Phi) is 3.28. The van der Waals surface area contributed by atoms with Crippen molar-refractivity contribution in [2.75, 3.05) is 18.0 Å². The van der Waals surface area contributed by atoms with Crippen molar-refractivity contribution >= 4 is 11.7 Å². The number of rotatable bonds is 2. The molecule has 1 aromatic heterocycles. The molecular weight excluding hydrogens is 216 g/mol. The van der Waals surface area contributed by atoms with Crippen molar-refractivity contribution in [1.29, 1.82) is 5.41 Å². The first-order valence-electron chi connectivity index (χ1n) is 5.81. The molecule has 5 heteroatoms. The highest BCUT2D eigenvalue weighted by Gasteiger charge is 2.24. The summed E-state index contributed by atoms with van der Waals surface area (Å²) >= 11 is 0. The molecule has 92 valence electrons. The van der Waals surface area contributed by atoms with Gasteiger partial charge in [0.25, 0.3) is 0 Å². The number of anilines is 1. The Bertz CT molecular complexity index is 403. The first-order chi connectivity index (χ1) is 8.08. The summed E-state index contributed by atoms with van der Waals surface area (Å²) in [6, 6.07) is 3.68. The summed E-state index contributed by atoms with van der Waals surface area (Å²) in [5.74, 6) is 1.18. The van der Waals surface area contributed by atoms with Gasteiger partial charge in [0.2, 0.25) is 0 Å². The third-order valence-corrected chi connectivity index (χ3v) is 3.24. The van der Waals surface area contributed by atoms with E-state index >= 15 is 0 Å². The minimum atomic E-state index is -0.206. The number of piperidine rings is 1. The lowest BCUT2D eigenvalue weighted by Gasteiger charge is -2.35. The Morgan fingerprint density at radius 1 is 1.59 bits per heavy atom. The smallest absolute Gasteiger partial charge is 0.128 e. The van der Waals surface area contributed by atoms with Gasteiger partial charge in [-0.2, -0.15) is 0 Å². The third kappa shape index (κ3) is 2.55. The van der Waals surface area contributed by atoms with Crippen LogP contribution in [0.1, 0.15) is 18.9 Å². The fourth-order valence-corrected chi connectivity index (χ4v) is 2.07. The lowest BCUT2D eigenvalue weighted by molar-refractivity contribution is 0.0969. The molecule has 0 spiro atoms. The Labute approximate surface area is 101 Å². The number of nitrogens with two attached hydrogens (primary N) is 1. The van der Waals surface area contributed by atoms with E-state index in [1.807, 2.05) is 13.0 Å². The van der Waals surface area contributed by atoms with Crippen LogP contribution < -0.4 is 10.6 Å². The predicted octanol–water partition coefficient (Wildman–Crippen LogP) is 0.573. The zero-order valence-corrected chi connectivity index (χ0v) is 9.93. The predicted molar refractivity (Wildman–Crippen MR) is 67.3 cm³/mol. The molecule has 1 saturated heterocycles. The summed E-state index contributed by atoms with van der Waals surface area (Å²) in [7, 11) is 0. The van der Waals surface area contributed by atoms with Crippen LogP contribution in [0.25, 0.3) is 0 Å².